The van der Waals surface area contributed by atoms with Gasteiger partial charge in [-0.3, -0.25) is 9.89 Å². The van der Waals surface area contributed by atoms with E-state index in [1.807, 2.05) is 13.8 Å². The SMILES string of the molecule is CO[C@@H]1C[C@@H](c2ncn[nH]2)N(C(=O)COC(C)C)C1. The predicted molar refractivity (Wildman–Crippen MR) is 67.3 cm³/mol. The van der Waals surface area contributed by atoms with Crippen LogP contribution in [0.3, 0.4) is 0 Å². The van der Waals surface area contributed by atoms with Crippen molar-refractivity contribution in [3.63, 3.8) is 0 Å². The number of hydrogen-bond donors (Lipinski definition) is 1. The fourth-order valence-corrected chi connectivity index (χ4v) is 2.20. The lowest BCUT2D eigenvalue weighted by Gasteiger charge is -2.23. The minimum absolute atomic E-state index is 0.0260. The van der Waals surface area contributed by atoms with E-state index >= 15 is 0 Å². The molecule has 1 saturated heterocycles. The van der Waals surface area contributed by atoms with E-state index in [1.54, 1.807) is 12.0 Å². The normalized spacial score (nSPS) is 23.3. The molecule has 0 bridgehead atoms. The smallest absolute Gasteiger partial charge is 0.249 e. The molecule has 2 rings (SSSR count). The quantitative estimate of drug-likeness (QED) is 0.842. The molecule has 2 heterocycles. The van der Waals surface area contributed by atoms with Crippen LogP contribution in [-0.4, -0.2) is 58.5 Å². The number of rotatable bonds is 5. The summed E-state index contributed by atoms with van der Waals surface area (Å²) in [5.74, 6) is 0.645. The molecule has 1 fully saturated rings. The number of aromatic amines is 1. The lowest BCUT2D eigenvalue weighted by Crippen LogP contribution is -2.35. The standard InChI is InChI=1S/C12H20N4O3/c1-8(2)19-6-11(17)16-5-9(18-3)4-10(16)12-13-7-14-15-12/h7-10H,4-6H2,1-3H3,(H,13,14,15)/t9-,10+/m1/s1. The van der Waals surface area contributed by atoms with E-state index in [2.05, 4.69) is 15.2 Å². The summed E-state index contributed by atoms with van der Waals surface area (Å²) in [4.78, 5) is 18.1. The van der Waals surface area contributed by atoms with Crippen LogP contribution in [0.1, 0.15) is 32.1 Å². The number of ether oxygens (including phenoxy) is 2. The first-order valence-electron chi connectivity index (χ1n) is 6.41. The Morgan fingerprint density at radius 3 is 3.00 bits per heavy atom. The number of nitrogens with zero attached hydrogens (tertiary/aromatic N) is 3. The maximum atomic E-state index is 12.2. The molecule has 1 aromatic rings. The van der Waals surface area contributed by atoms with Gasteiger partial charge in [-0.25, -0.2) is 4.98 Å². The van der Waals surface area contributed by atoms with Crippen molar-refractivity contribution in [2.24, 2.45) is 0 Å². The minimum atomic E-state index is -0.115. The van der Waals surface area contributed by atoms with Gasteiger partial charge in [-0.15, -0.1) is 0 Å². The number of amides is 1. The van der Waals surface area contributed by atoms with Gasteiger partial charge >= 0.3 is 0 Å². The molecule has 0 aromatic carbocycles. The van der Waals surface area contributed by atoms with Gasteiger partial charge in [0.1, 0.15) is 18.8 Å². The average molecular weight is 268 g/mol. The molecule has 19 heavy (non-hydrogen) atoms. The molecule has 1 N–H and O–H groups in total. The Morgan fingerprint density at radius 1 is 1.63 bits per heavy atom. The number of H-pyrrole nitrogens is 1. The first-order valence-corrected chi connectivity index (χ1v) is 6.41. The van der Waals surface area contributed by atoms with Crippen molar-refractivity contribution in [2.45, 2.75) is 38.5 Å². The Hall–Kier alpha value is -1.47. The Balaban J connectivity index is 2.05. The highest BCUT2D eigenvalue weighted by Crippen LogP contribution is 2.31. The van der Waals surface area contributed by atoms with Crippen molar-refractivity contribution in [2.75, 3.05) is 20.3 Å². The summed E-state index contributed by atoms with van der Waals surface area (Å²) >= 11 is 0. The highest BCUT2D eigenvalue weighted by atomic mass is 16.5. The molecule has 0 unspecified atom stereocenters. The molecule has 0 radical (unpaired) electrons. The number of carbonyl (C=O) groups excluding carboxylic acids is 1. The Labute approximate surface area is 112 Å². The Kier molecular flexibility index (Phi) is 4.49. The van der Waals surface area contributed by atoms with Gasteiger partial charge in [0.15, 0.2) is 0 Å². The highest BCUT2D eigenvalue weighted by Gasteiger charge is 2.37. The van der Waals surface area contributed by atoms with Crippen molar-refractivity contribution >= 4 is 5.91 Å². The summed E-state index contributed by atoms with van der Waals surface area (Å²) < 4.78 is 10.7. The summed E-state index contributed by atoms with van der Waals surface area (Å²) in [6.07, 6.45) is 2.23. The molecule has 0 aliphatic carbocycles. The number of nitrogens with one attached hydrogen (secondary N) is 1. The molecular formula is C12H20N4O3. The molecule has 7 heteroatoms. The molecule has 106 valence electrons. The number of likely N-dealkylation sites (tertiary alicyclic amines) is 1. The van der Waals surface area contributed by atoms with Gasteiger partial charge in [-0.2, -0.15) is 5.10 Å². The Bertz CT molecular complexity index is 407. The molecule has 7 nitrogen and oxygen atoms in total. The van der Waals surface area contributed by atoms with Crippen molar-refractivity contribution < 1.29 is 14.3 Å². The second-order valence-electron chi connectivity index (χ2n) is 4.89. The monoisotopic (exact) mass is 268 g/mol. The number of carbonyl (C=O) groups is 1. The van der Waals surface area contributed by atoms with Crippen LogP contribution in [0.2, 0.25) is 0 Å². The van der Waals surface area contributed by atoms with Gasteiger partial charge in [0, 0.05) is 20.1 Å². The first-order chi connectivity index (χ1) is 9.11. The Morgan fingerprint density at radius 2 is 2.42 bits per heavy atom. The zero-order valence-electron chi connectivity index (χ0n) is 11.5. The van der Waals surface area contributed by atoms with E-state index in [4.69, 9.17) is 9.47 Å². The third-order valence-corrected chi connectivity index (χ3v) is 3.21. The summed E-state index contributed by atoms with van der Waals surface area (Å²) in [5.41, 5.74) is 0. The highest BCUT2D eigenvalue weighted by molar-refractivity contribution is 5.78. The molecular weight excluding hydrogens is 248 g/mol. The lowest BCUT2D eigenvalue weighted by molar-refractivity contribution is -0.139. The van der Waals surface area contributed by atoms with Crippen molar-refractivity contribution in [3.05, 3.63) is 12.2 Å². The van der Waals surface area contributed by atoms with Gasteiger partial charge in [-0.05, 0) is 13.8 Å². The van der Waals surface area contributed by atoms with E-state index < -0.39 is 0 Å². The van der Waals surface area contributed by atoms with Crippen LogP contribution in [0.4, 0.5) is 0 Å². The molecule has 1 aromatic heterocycles. The second-order valence-corrected chi connectivity index (χ2v) is 4.89. The number of methoxy groups -OCH3 is 1. The van der Waals surface area contributed by atoms with E-state index in [0.29, 0.717) is 12.4 Å². The minimum Gasteiger partial charge on any atom is -0.380 e. The van der Waals surface area contributed by atoms with Gasteiger partial charge in [0.05, 0.1) is 18.2 Å². The van der Waals surface area contributed by atoms with Gasteiger partial charge < -0.3 is 14.4 Å². The van der Waals surface area contributed by atoms with Crippen LogP contribution >= 0.6 is 0 Å². The maximum Gasteiger partial charge on any atom is 0.249 e. The molecule has 1 aliphatic heterocycles. The predicted octanol–water partition coefficient (Wildman–Crippen LogP) is 0.518. The van der Waals surface area contributed by atoms with Gasteiger partial charge in [-0.1, -0.05) is 0 Å². The van der Waals surface area contributed by atoms with Crippen LogP contribution < -0.4 is 0 Å². The van der Waals surface area contributed by atoms with Crippen molar-refractivity contribution in [3.8, 4) is 0 Å². The first kappa shape index (κ1) is 14.0. The number of hydrogen-bond acceptors (Lipinski definition) is 5. The zero-order chi connectivity index (χ0) is 13.8. The molecule has 0 spiro atoms. The molecule has 1 aliphatic rings. The summed E-state index contributed by atoms with van der Waals surface area (Å²) in [6.45, 7) is 4.45. The maximum absolute atomic E-state index is 12.2. The lowest BCUT2D eigenvalue weighted by atomic mass is 10.2. The fraction of sp³-hybridized carbons (Fsp3) is 0.750. The third kappa shape index (κ3) is 3.30. The van der Waals surface area contributed by atoms with E-state index in [9.17, 15) is 4.79 Å². The van der Waals surface area contributed by atoms with Gasteiger partial charge in [0.25, 0.3) is 0 Å². The largest absolute Gasteiger partial charge is 0.380 e. The van der Waals surface area contributed by atoms with Crippen LogP contribution in [-0.2, 0) is 14.3 Å². The van der Waals surface area contributed by atoms with E-state index in [0.717, 1.165) is 6.42 Å². The molecule has 2 atom stereocenters. The van der Waals surface area contributed by atoms with Crippen LogP contribution in [0.5, 0.6) is 0 Å². The third-order valence-electron chi connectivity index (χ3n) is 3.21. The van der Waals surface area contributed by atoms with E-state index in [1.165, 1.54) is 6.33 Å². The number of aromatic nitrogens is 3. The topological polar surface area (TPSA) is 80.3 Å². The summed E-state index contributed by atoms with van der Waals surface area (Å²) in [5, 5.41) is 6.66. The zero-order valence-corrected chi connectivity index (χ0v) is 11.5. The fourth-order valence-electron chi connectivity index (χ4n) is 2.20. The van der Waals surface area contributed by atoms with Gasteiger partial charge in [0.2, 0.25) is 5.91 Å². The van der Waals surface area contributed by atoms with E-state index in [-0.39, 0.29) is 30.8 Å². The van der Waals surface area contributed by atoms with Crippen LogP contribution in [0.15, 0.2) is 6.33 Å². The summed E-state index contributed by atoms with van der Waals surface area (Å²) in [6, 6.07) is -0.115. The molecule has 0 saturated carbocycles. The second kappa shape index (κ2) is 6.12. The summed E-state index contributed by atoms with van der Waals surface area (Å²) in [7, 11) is 1.65. The van der Waals surface area contributed by atoms with Crippen LogP contribution in [0, 0.1) is 0 Å². The molecule has 1 amide bonds. The average Bonchev–Trinajstić information content (AvgIpc) is 3.03. The van der Waals surface area contributed by atoms with Crippen molar-refractivity contribution in [1.29, 1.82) is 0 Å². The van der Waals surface area contributed by atoms with Crippen LogP contribution in [0.25, 0.3) is 0 Å². The van der Waals surface area contributed by atoms with Crippen molar-refractivity contribution in [1.82, 2.24) is 20.1 Å².